The van der Waals surface area contributed by atoms with E-state index in [4.69, 9.17) is 4.42 Å². The molecule has 0 saturated carbocycles. The molecule has 128 valence electrons. The number of carbonyl (C=O) groups excluding carboxylic acids is 1. The molecule has 2 heterocycles. The van der Waals surface area contributed by atoms with Crippen molar-refractivity contribution in [1.29, 1.82) is 0 Å². The Hall–Kier alpha value is -2.59. The fourth-order valence-corrected chi connectivity index (χ4v) is 3.45. The van der Waals surface area contributed by atoms with Crippen molar-refractivity contribution in [2.24, 2.45) is 5.92 Å². The van der Waals surface area contributed by atoms with E-state index in [0.29, 0.717) is 0 Å². The minimum atomic E-state index is -0.268. The first-order valence-corrected chi connectivity index (χ1v) is 8.86. The Bertz CT molecular complexity index is 817. The number of nitrogens with one attached hydrogen (secondary N) is 2. The van der Waals surface area contributed by atoms with Crippen molar-refractivity contribution in [3.05, 3.63) is 72.0 Å². The molecule has 1 aliphatic heterocycles. The number of para-hydroxylation sites is 1. The quantitative estimate of drug-likeness (QED) is 0.766. The van der Waals surface area contributed by atoms with Gasteiger partial charge in [0.1, 0.15) is 17.4 Å². The molecule has 3 aromatic rings. The molecule has 25 heavy (non-hydrogen) atoms. The summed E-state index contributed by atoms with van der Waals surface area (Å²) in [7, 11) is 0. The zero-order valence-corrected chi connectivity index (χ0v) is 14.1. The van der Waals surface area contributed by atoms with Gasteiger partial charge in [-0.1, -0.05) is 48.5 Å². The number of amides is 1. The Balaban J connectivity index is 1.65. The average molecular weight is 334 g/mol. The summed E-state index contributed by atoms with van der Waals surface area (Å²) in [4.78, 5) is 12.8. The van der Waals surface area contributed by atoms with Gasteiger partial charge in [0, 0.05) is 11.3 Å². The number of piperidine rings is 1. The molecule has 2 N–H and O–H groups in total. The zero-order chi connectivity index (χ0) is 17.1. The van der Waals surface area contributed by atoms with Crippen molar-refractivity contribution in [3.8, 4) is 0 Å². The molecule has 4 heteroatoms. The summed E-state index contributed by atoms with van der Waals surface area (Å²) >= 11 is 0. The maximum atomic E-state index is 12.8. The Kier molecular flexibility index (Phi) is 4.53. The Morgan fingerprint density at radius 1 is 1.04 bits per heavy atom. The number of hydrogen-bond donors (Lipinski definition) is 2. The summed E-state index contributed by atoms with van der Waals surface area (Å²) in [5.41, 5.74) is 1.87. The normalized spacial score (nSPS) is 16.6. The second kappa shape index (κ2) is 7.11. The van der Waals surface area contributed by atoms with Crippen molar-refractivity contribution in [1.82, 2.24) is 10.6 Å². The van der Waals surface area contributed by atoms with Crippen LogP contribution in [-0.2, 0) is 4.79 Å². The lowest BCUT2D eigenvalue weighted by Gasteiger charge is -2.25. The van der Waals surface area contributed by atoms with Crippen LogP contribution in [0.5, 0.6) is 0 Å². The van der Waals surface area contributed by atoms with Crippen LogP contribution in [0.1, 0.15) is 30.2 Å². The third-order valence-electron chi connectivity index (χ3n) is 4.86. The van der Waals surface area contributed by atoms with Crippen LogP contribution in [0.2, 0.25) is 0 Å². The van der Waals surface area contributed by atoms with Gasteiger partial charge in [-0.05, 0) is 43.6 Å². The lowest BCUT2D eigenvalue weighted by atomic mass is 9.95. The SMILES string of the molecule is O=C(NC(c1ccccc1)c1cc2ccccc2o1)C1CCNCC1. The molecule has 1 saturated heterocycles. The highest BCUT2D eigenvalue weighted by Gasteiger charge is 2.26. The summed E-state index contributed by atoms with van der Waals surface area (Å²) in [6.07, 6.45) is 1.76. The van der Waals surface area contributed by atoms with E-state index in [1.807, 2.05) is 60.7 Å². The molecule has 1 unspecified atom stereocenters. The maximum Gasteiger partial charge on any atom is 0.224 e. The third kappa shape index (κ3) is 3.44. The molecule has 0 spiro atoms. The highest BCUT2D eigenvalue weighted by molar-refractivity contribution is 5.81. The summed E-state index contributed by atoms with van der Waals surface area (Å²) in [6.45, 7) is 1.80. The van der Waals surface area contributed by atoms with E-state index >= 15 is 0 Å². The third-order valence-corrected chi connectivity index (χ3v) is 4.86. The molecule has 0 radical (unpaired) electrons. The van der Waals surface area contributed by atoms with Gasteiger partial charge in [-0.15, -0.1) is 0 Å². The topological polar surface area (TPSA) is 54.3 Å². The molecular weight excluding hydrogens is 312 g/mol. The van der Waals surface area contributed by atoms with Gasteiger partial charge in [0.2, 0.25) is 5.91 Å². The van der Waals surface area contributed by atoms with Gasteiger partial charge in [-0.2, -0.15) is 0 Å². The fraction of sp³-hybridized carbons (Fsp3) is 0.286. The first-order chi connectivity index (χ1) is 12.3. The van der Waals surface area contributed by atoms with Crippen molar-refractivity contribution < 1.29 is 9.21 Å². The monoisotopic (exact) mass is 334 g/mol. The number of fused-ring (bicyclic) bond motifs is 1. The summed E-state index contributed by atoms with van der Waals surface area (Å²) in [5.74, 6) is 0.947. The fourth-order valence-electron chi connectivity index (χ4n) is 3.45. The largest absolute Gasteiger partial charge is 0.459 e. The molecule has 0 aliphatic carbocycles. The number of furan rings is 1. The van der Waals surface area contributed by atoms with Crippen molar-refractivity contribution in [2.45, 2.75) is 18.9 Å². The molecule has 1 fully saturated rings. The zero-order valence-electron chi connectivity index (χ0n) is 14.1. The average Bonchev–Trinajstić information content (AvgIpc) is 3.11. The lowest BCUT2D eigenvalue weighted by Crippen LogP contribution is -2.39. The van der Waals surface area contributed by atoms with Gasteiger partial charge in [0.25, 0.3) is 0 Å². The second-order valence-electron chi connectivity index (χ2n) is 6.56. The van der Waals surface area contributed by atoms with Crippen molar-refractivity contribution in [2.75, 3.05) is 13.1 Å². The van der Waals surface area contributed by atoms with Crippen molar-refractivity contribution >= 4 is 16.9 Å². The van der Waals surface area contributed by atoms with Crippen LogP contribution in [-0.4, -0.2) is 19.0 Å². The molecule has 2 aromatic carbocycles. The molecule has 0 bridgehead atoms. The first kappa shape index (κ1) is 15.9. The van der Waals surface area contributed by atoms with E-state index in [-0.39, 0.29) is 17.9 Å². The van der Waals surface area contributed by atoms with Gasteiger partial charge in [-0.25, -0.2) is 0 Å². The number of hydrogen-bond acceptors (Lipinski definition) is 3. The van der Waals surface area contributed by atoms with Crippen LogP contribution >= 0.6 is 0 Å². The van der Waals surface area contributed by atoms with Gasteiger partial charge in [-0.3, -0.25) is 4.79 Å². The molecule has 1 amide bonds. The van der Waals surface area contributed by atoms with Crippen molar-refractivity contribution in [3.63, 3.8) is 0 Å². The smallest absolute Gasteiger partial charge is 0.224 e. The molecule has 1 aromatic heterocycles. The maximum absolute atomic E-state index is 12.8. The first-order valence-electron chi connectivity index (χ1n) is 8.86. The Morgan fingerprint density at radius 2 is 1.76 bits per heavy atom. The molecule has 4 nitrogen and oxygen atoms in total. The van der Waals surface area contributed by atoms with Crippen LogP contribution in [0.3, 0.4) is 0 Å². The second-order valence-corrected chi connectivity index (χ2v) is 6.56. The predicted octanol–water partition coefficient (Wildman–Crippen LogP) is 3.64. The summed E-state index contributed by atoms with van der Waals surface area (Å²) < 4.78 is 6.05. The van der Waals surface area contributed by atoms with Crippen LogP contribution in [0.25, 0.3) is 11.0 Å². The summed E-state index contributed by atoms with van der Waals surface area (Å²) in [6, 6.07) is 19.7. The molecule has 1 aliphatic rings. The minimum absolute atomic E-state index is 0.0665. The molecule has 1 atom stereocenters. The highest BCUT2D eigenvalue weighted by atomic mass is 16.3. The van der Waals surface area contributed by atoms with E-state index in [0.717, 1.165) is 48.2 Å². The van der Waals surface area contributed by atoms with Crippen LogP contribution in [0, 0.1) is 5.92 Å². The van der Waals surface area contributed by atoms with Gasteiger partial charge >= 0.3 is 0 Å². The van der Waals surface area contributed by atoms with E-state index in [1.54, 1.807) is 0 Å². The Morgan fingerprint density at radius 3 is 2.52 bits per heavy atom. The Labute approximate surface area is 147 Å². The van der Waals surface area contributed by atoms with Crippen LogP contribution in [0.15, 0.2) is 65.1 Å². The van der Waals surface area contributed by atoms with Crippen LogP contribution < -0.4 is 10.6 Å². The lowest BCUT2D eigenvalue weighted by molar-refractivity contribution is -0.126. The molecule has 4 rings (SSSR count). The van der Waals surface area contributed by atoms with Gasteiger partial charge in [0.05, 0.1) is 0 Å². The number of benzene rings is 2. The highest BCUT2D eigenvalue weighted by Crippen LogP contribution is 2.29. The minimum Gasteiger partial charge on any atom is -0.459 e. The standard InChI is InChI=1S/C21H22N2O2/c24-21(16-10-12-22-13-11-16)23-20(15-6-2-1-3-7-15)19-14-17-8-4-5-9-18(17)25-19/h1-9,14,16,20,22H,10-13H2,(H,23,24). The number of rotatable bonds is 4. The number of carbonyl (C=O) groups is 1. The summed E-state index contributed by atoms with van der Waals surface area (Å²) in [5, 5.41) is 7.58. The van der Waals surface area contributed by atoms with E-state index in [1.165, 1.54) is 0 Å². The predicted molar refractivity (Wildman–Crippen MR) is 98.2 cm³/mol. The van der Waals surface area contributed by atoms with E-state index < -0.39 is 0 Å². The molecular formula is C21H22N2O2. The van der Waals surface area contributed by atoms with Gasteiger partial charge < -0.3 is 15.1 Å². The van der Waals surface area contributed by atoms with Gasteiger partial charge in [0.15, 0.2) is 0 Å². The van der Waals surface area contributed by atoms with E-state index in [2.05, 4.69) is 10.6 Å². The van der Waals surface area contributed by atoms with Crippen LogP contribution in [0.4, 0.5) is 0 Å². The van der Waals surface area contributed by atoms with E-state index in [9.17, 15) is 4.79 Å².